The van der Waals surface area contributed by atoms with Crippen molar-refractivity contribution in [1.82, 2.24) is 10.2 Å². The minimum absolute atomic E-state index is 0.167. The van der Waals surface area contributed by atoms with E-state index in [1.54, 1.807) is 6.92 Å². The van der Waals surface area contributed by atoms with E-state index in [0.29, 0.717) is 12.1 Å². The van der Waals surface area contributed by atoms with E-state index in [2.05, 4.69) is 11.9 Å². The summed E-state index contributed by atoms with van der Waals surface area (Å²) in [5.74, 6) is -0.430. The molecule has 0 unspecified atom stereocenters. The van der Waals surface area contributed by atoms with E-state index in [1.165, 1.54) is 14.0 Å². The molecule has 1 heterocycles. The van der Waals surface area contributed by atoms with Gasteiger partial charge in [0.15, 0.2) is 0 Å². The zero-order chi connectivity index (χ0) is 11.3. The molecule has 0 aromatic rings. The Balaban J connectivity index is 0.000000344. The normalized spacial score (nSPS) is 11.8. The Morgan fingerprint density at radius 3 is 1.86 bits per heavy atom. The zero-order valence-electron chi connectivity index (χ0n) is 8.59. The van der Waals surface area contributed by atoms with Crippen LogP contribution in [0.2, 0.25) is 0 Å². The number of hydrogen-bond donors (Lipinski definition) is 1. The zero-order valence-corrected chi connectivity index (χ0v) is 8.59. The predicted octanol–water partition coefficient (Wildman–Crippen LogP) is -0.316. The van der Waals surface area contributed by atoms with Crippen molar-refractivity contribution in [3.63, 3.8) is 0 Å². The van der Waals surface area contributed by atoms with E-state index in [9.17, 15) is 14.4 Å². The van der Waals surface area contributed by atoms with Gasteiger partial charge in [-0.1, -0.05) is 6.58 Å². The Labute approximate surface area is 82.8 Å². The Kier molecular flexibility index (Phi) is 4.55. The van der Waals surface area contributed by atoms with Gasteiger partial charge in [0, 0.05) is 19.5 Å². The van der Waals surface area contributed by atoms with Crippen LogP contribution in [0.15, 0.2) is 12.2 Å². The molecule has 0 bridgehead atoms. The number of likely N-dealkylation sites (N-methyl/N-ethyl adjacent to an activating group) is 1. The summed E-state index contributed by atoms with van der Waals surface area (Å²) in [4.78, 5) is 31.9. The van der Waals surface area contributed by atoms with Crippen molar-refractivity contribution in [3.05, 3.63) is 12.2 Å². The van der Waals surface area contributed by atoms with Crippen LogP contribution in [0.25, 0.3) is 0 Å². The lowest BCUT2D eigenvalue weighted by atomic mass is 10.3. The van der Waals surface area contributed by atoms with Gasteiger partial charge in [-0.25, -0.2) is 0 Å². The smallest absolute Gasteiger partial charge is 0.255 e. The van der Waals surface area contributed by atoms with Gasteiger partial charge < -0.3 is 5.32 Å². The van der Waals surface area contributed by atoms with Gasteiger partial charge in [0.2, 0.25) is 11.8 Å². The van der Waals surface area contributed by atoms with Gasteiger partial charge in [0.25, 0.3) is 5.91 Å². The average Bonchev–Trinajstić information content (AvgIpc) is 2.85. The summed E-state index contributed by atoms with van der Waals surface area (Å²) in [5, 5.41) is 2.46. The lowest BCUT2D eigenvalue weighted by molar-refractivity contribution is -0.139. The Bertz CT molecular complexity index is 278. The van der Waals surface area contributed by atoms with Crippen LogP contribution in [0.5, 0.6) is 0 Å². The molecule has 1 aliphatic heterocycles. The number of rotatable bonds is 1. The molecule has 5 nitrogen and oxygen atoms in total. The summed E-state index contributed by atoms with van der Waals surface area (Å²) in [6.07, 6.45) is 0. The molecule has 1 N–H and O–H groups in total. The van der Waals surface area contributed by atoms with Crippen molar-refractivity contribution in [1.29, 1.82) is 0 Å². The highest BCUT2D eigenvalue weighted by Gasteiger charge is 2.11. The van der Waals surface area contributed by atoms with Gasteiger partial charge in [0.05, 0.1) is 6.54 Å². The number of hydrogen-bond acceptors (Lipinski definition) is 3. The Hall–Kier alpha value is -1.65. The van der Waals surface area contributed by atoms with Crippen LogP contribution in [-0.4, -0.2) is 36.2 Å². The Morgan fingerprint density at radius 1 is 1.43 bits per heavy atom. The van der Waals surface area contributed by atoms with Gasteiger partial charge >= 0.3 is 0 Å². The van der Waals surface area contributed by atoms with Crippen molar-refractivity contribution in [2.24, 2.45) is 0 Å². The lowest BCUT2D eigenvalue weighted by Gasteiger charge is -2.11. The van der Waals surface area contributed by atoms with Crippen molar-refractivity contribution in [2.45, 2.75) is 13.8 Å². The molecule has 0 saturated carbocycles. The molecule has 0 atom stereocenters. The molecule has 1 rings (SSSR count). The fourth-order valence-electron chi connectivity index (χ4n) is 0.465. The third-order valence-electron chi connectivity index (χ3n) is 1.46. The summed E-state index contributed by atoms with van der Waals surface area (Å²) in [6.45, 7) is 6.92. The highest BCUT2D eigenvalue weighted by atomic mass is 16.2. The molecular formula is C9H14N2O3. The van der Waals surface area contributed by atoms with E-state index in [4.69, 9.17) is 0 Å². The average molecular weight is 198 g/mol. The van der Waals surface area contributed by atoms with Crippen molar-refractivity contribution >= 4 is 17.7 Å². The molecule has 3 amide bonds. The minimum Gasteiger partial charge on any atom is -0.346 e. The molecule has 78 valence electrons. The third-order valence-corrected chi connectivity index (χ3v) is 1.46. The number of carbonyl (C=O) groups is 3. The molecular weight excluding hydrogens is 184 g/mol. The summed E-state index contributed by atoms with van der Waals surface area (Å²) in [6, 6.07) is 0. The molecule has 0 spiro atoms. The second kappa shape index (κ2) is 5.16. The van der Waals surface area contributed by atoms with E-state index >= 15 is 0 Å². The standard InChI is InChI=1S/C7H11NO2.C2H3NO/c1-5(2)7(10)8(4)6(3)9;4-2-1-3-2/h1H2,2-4H3;1H2,(H,3,4). The van der Waals surface area contributed by atoms with Crippen LogP contribution < -0.4 is 5.32 Å². The van der Waals surface area contributed by atoms with Gasteiger partial charge in [-0.05, 0) is 6.92 Å². The highest BCUT2D eigenvalue weighted by Crippen LogP contribution is 1.94. The fourth-order valence-corrected chi connectivity index (χ4v) is 0.465. The summed E-state index contributed by atoms with van der Waals surface area (Å²) in [5.41, 5.74) is 0.373. The van der Waals surface area contributed by atoms with Gasteiger partial charge in [0.1, 0.15) is 0 Å². The van der Waals surface area contributed by atoms with E-state index in [1.807, 2.05) is 0 Å². The number of amides is 3. The molecule has 1 saturated heterocycles. The van der Waals surface area contributed by atoms with Crippen LogP contribution in [0, 0.1) is 0 Å². The van der Waals surface area contributed by atoms with Crippen LogP contribution in [0.1, 0.15) is 13.8 Å². The van der Waals surface area contributed by atoms with E-state index in [-0.39, 0.29) is 17.7 Å². The van der Waals surface area contributed by atoms with Crippen LogP contribution in [-0.2, 0) is 14.4 Å². The fraction of sp³-hybridized carbons (Fsp3) is 0.444. The first-order valence-electron chi connectivity index (χ1n) is 4.07. The van der Waals surface area contributed by atoms with E-state index < -0.39 is 0 Å². The molecule has 1 aliphatic rings. The van der Waals surface area contributed by atoms with Crippen molar-refractivity contribution in [2.75, 3.05) is 13.6 Å². The SMILES string of the molecule is C=C(C)C(=O)N(C)C(C)=O.O=C1CN1. The van der Waals surface area contributed by atoms with Crippen molar-refractivity contribution in [3.8, 4) is 0 Å². The second-order valence-electron chi connectivity index (χ2n) is 2.94. The maximum Gasteiger partial charge on any atom is 0.255 e. The maximum atomic E-state index is 10.9. The highest BCUT2D eigenvalue weighted by molar-refractivity contribution is 6.02. The molecule has 0 aliphatic carbocycles. The quantitative estimate of drug-likeness (QED) is 0.463. The second-order valence-corrected chi connectivity index (χ2v) is 2.94. The number of carbonyl (C=O) groups excluding carboxylic acids is 3. The lowest BCUT2D eigenvalue weighted by Crippen LogP contribution is -2.31. The Morgan fingerprint density at radius 2 is 1.79 bits per heavy atom. The summed E-state index contributed by atoms with van der Waals surface area (Å²) < 4.78 is 0. The predicted molar refractivity (Wildman–Crippen MR) is 51.3 cm³/mol. The van der Waals surface area contributed by atoms with Gasteiger partial charge in [-0.3, -0.25) is 19.3 Å². The molecule has 1 fully saturated rings. The minimum atomic E-state index is -0.326. The van der Waals surface area contributed by atoms with Crippen LogP contribution >= 0.6 is 0 Å². The van der Waals surface area contributed by atoms with Crippen LogP contribution in [0.3, 0.4) is 0 Å². The monoisotopic (exact) mass is 198 g/mol. The number of nitrogens with one attached hydrogen (secondary N) is 1. The molecule has 0 aromatic carbocycles. The molecule has 5 heteroatoms. The molecule has 0 aromatic heterocycles. The first kappa shape index (κ1) is 12.3. The molecule has 14 heavy (non-hydrogen) atoms. The summed E-state index contributed by atoms with van der Waals surface area (Å²) >= 11 is 0. The maximum absolute atomic E-state index is 10.9. The number of imide groups is 1. The summed E-state index contributed by atoms with van der Waals surface area (Å²) in [7, 11) is 1.43. The first-order valence-corrected chi connectivity index (χ1v) is 4.07. The first-order chi connectivity index (χ1) is 6.36. The van der Waals surface area contributed by atoms with Crippen LogP contribution in [0.4, 0.5) is 0 Å². The van der Waals surface area contributed by atoms with E-state index in [0.717, 1.165) is 4.90 Å². The third kappa shape index (κ3) is 5.08. The largest absolute Gasteiger partial charge is 0.346 e. The number of nitrogens with zero attached hydrogens (tertiary/aromatic N) is 1. The van der Waals surface area contributed by atoms with Gasteiger partial charge in [-0.2, -0.15) is 0 Å². The van der Waals surface area contributed by atoms with Crippen molar-refractivity contribution < 1.29 is 14.4 Å². The molecule has 0 radical (unpaired) electrons. The topological polar surface area (TPSA) is 76.4 Å². The van der Waals surface area contributed by atoms with Gasteiger partial charge in [-0.15, -0.1) is 0 Å².